The van der Waals surface area contributed by atoms with Crippen LogP contribution in [0.3, 0.4) is 0 Å². The molecular formula is C16H19NO5S. The number of aromatic nitrogens is 1. The summed E-state index contributed by atoms with van der Waals surface area (Å²) in [5, 5.41) is 33.1. The van der Waals surface area contributed by atoms with Gasteiger partial charge in [0.05, 0.1) is 11.8 Å². The number of hydrogen-bond acceptors (Lipinski definition) is 7. The molecule has 2 heterocycles. The summed E-state index contributed by atoms with van der Waals surface area (Å²) in [5.41, 5.74) is 2.15. The van der Waals surface area contributed by atoms with E-state index in [1.165, 1.54) is 11.8 Å². The SMILES string of the molecule is Cc1noc(C)c1-c1ccc(O[C@H]2SC[C@@H](O)[C@H](O)[C@H]2O)cc1. The molecule has 1 aliphatic rings. The van der Waals surface area contributed by atoms with Gasteiger partial charge in [0.25, 0.3) is 0 Å². The average Bonchev–Trinajstić information content (AvgIpc) is 2.88. The van der Waals surface area contributed by atoms with Crippen LogP contribution >= 0.6 is 11.8 Å². The van der Waals surface area contributed by atoms with Crippen LogP contribution in [0.4, 0.5) is 0 Å². The van der Waals surface area contributed by atoms with Crippen LogP contribution in [0.5, 0.6) is 5.75 Å². The Balaban J connectivity index is 1.73. The molecule has 1 saturated heterocycles. The molecule has 0 aliphatic carbocycles. The fourth-order valence-corrected chi connectivity index (χ4v) is 3.73. The first kappa shape index (κ1) is 16.3. The summed E-state index contributed by atoms with van der Waals surface area (Å²) in [6.07, 6.45) is -3.26. The second kappa shape index (κ2) is 6.52. The van der Waals surface area contributed by atoms with Crippen LogP contribution in [0.25, 0.3) is 11.1 Å². The Morgan fingerprint density at radius 2 is 1.83 bits per heavy atom. The predicted octanol–water partition coefficient (Wildman–Crippen LogP) is 1.49. The van der Waals surface area contributed by atoms with Crippen LogP contribution in [0.1, 0.15) is 11.5 Å². The zero-order valence-corrected chi connectivity index (χ0v) is 13.7. The molecule has 0 unspecified atom stereocenters. The Labute approximate surface area is 138 Å². The quantitative estimate of drug-likeness (QED) is 0.781. The second-order valence-corrected chi connectivity index (χ2v) is 6.72. The number of aryl methyl sites for hydroxylation is 2. The molecule has 0 spiro atoms. The molecule has 3 N–H and O–H groups in total. The zero-order chi connectivity index (χ0) is 16.6. The van der Waals surface area contributed by atoms with Gasteiger partial charge in [0, 0.05) is 11.3 Å². The average molecular weight is 337 g/mol. The Bertz CT molecular complexity index is 652. The van der Waals surface area contributed by atoms with Crippen LogP contribution in [0.15, 0.2) is 28.8 Å². The third-order valence-corrected chi connectivity index (χ3v) is 5.12. The van der Waals surface area contributed by atoms with E-state index in [9.17, 15) is 15.3 Å². The van der Waals surface area contributed by atoms with Crippen LogP contribution in [0.2, 0.25) is 0 Å². The maximum atomic E-state index is 9.97. The van der Waals surface area contributed by atoms with Crippen molar-refractivity contribution in [3.8, 4) is 16.9 Å². The maximum Gasteiger partial charge on any atom is 0.173 e. The minimum Gasteiger partial charge on any atom is -0.477 e. The zero-order valence-electron chi connectivity index (χ0n) is 12.8. The molecule has 4 atom stereocenters. The van der Waals surface area contributed by atoms with E-state index in [1.807, 2.05) is 26.0 Å². The molecule has 23 heavy (non-hydrogen) atoms. The van der Waals surface area contributed by atoms with Crippen LogP contribution in [-0.4, -0.2) is 50.0 Å². The van der Waals surface area contributed by atoms with Crippen molar-refractivity contribution in [2.45, 2.75) is 37.6 Å². The van der Waals surface area contributed by atoms with Crippen LogP contribution in [0, 0.1) is 13.8 Å². The number of rotatable bonds is 3. The Morgan fingerprint density at radius 3 is 2.43 bits per heavy atom. The molecule has 1 aliphatic heterocycles. The summed E-state index contributed by atoms with van der Waals surface area (Å²) >= 11 is 1.28. The Morgan fingerprint density at radius 1 is 1.13 bits per heavy atom. The summed E-state index contributed by atoms with van der Waals surface area (Å²) in [6, 6.07) is 7.39. The van der Waals surface area contributed by atoms with E-state index in [4.69, 9.17) is 9.26 Å². The van der Waals surface area contributed by atoms with Gasteiger partial charge >= 0.3 is 0 Å². The smallest absolute Gasteiger partial charge is 0.173 e. The number of thioether (sulfide) groups is 1. The fraction of sp³-hybridized carbons (Fsp3) is 0.438. The van der Waals surface area contributed by atoms with E-state index >= 15 is 0 Å². The van der Waals surface area contributed by atoms with Crippen molar-refractivity contribution >= 4 is 11.8 Å². The van der Waals surface area contributed by atoms with Crippen LogP contribution < -0.4 is 4.74 Å². The largest absolute Gasteiger partial charge is 0.477 e. The van der Waals surface area contributed by atoms with E-state index in [1.54, 1.807) is 12.1 Å². The van der Waals surface area contributed by atoms with Crippen molar-refractivity contribution in [3.05, 3.63) is 35.7 Å². The van der Waals surface area contributed by atoms with Crippen molar-refractivity contribution < 1.29 is 24.6 Å². The highest BCUT2D eigenvalue weighted by Crippen LogP contribution is 2.31. The van der Waals surface area contributed by atoms with E-state index in [2.05, 4.69) is 5.16 Å². The summed E-state index contributed by atoms with van der Waals surface area (Å²) in [5.74, 6) is 1.66. The normalized spacial score (nSPS) is 27.9. The summed E-state index contributed by atoms with van der Waals surface area (Å²) in [6.45, 7) is 3.75. The summed E-state index contributed by atoms with van der Waals surface area (Å²) < 4.78 is 10.9. The highest BCUT2D eigenvalue weighted by atomic mass is 32.2. The molecule has 0 radical (unpaired) electrons. The molecule has 1 aromatic carbocycles. The van der Waals surface area contributed by atoms with Crippen molar-refractivity contribution in [1.82, 2.24) is 5.16 Å². The van der Waals surface area contributed by atoms with Gasteiger partial charge in [-0.3, -0.25) is 0 Å². The number of aliphatic hydroxyl groups is 3. The Hall–Kier alpha value is -1.54. The molecule has 6 nitrogen and oxygen atoms in total. The number of hydrogen-bond donors (Lipinski definition) is 3. The van der Waals surface area contributed by atoms with Gasteiger partial charge in [-0.05, 0) is 31.5 Å². The summed E-state index contributed by atoms with van der Waals surface area (Å²) in [7, 11) is 0. The van der Waals surface area contributed by atoms with Gasteiger partial charge in [-0.2, -0.15) is 0 Å². The molecule has 1 aromatic heterocycles. The van der Waals surface area contributed by atoms with Gasteiger partial charge in [-0.15, -0.1) is 11.8 Å². The molecule has 3 rings (SSSR count). The molecule has 124 valence electrons. The lowest BCUT2D eigenvalue weighted by Crippen LogP contribution is -2.50. The lowest BCUT2D eigenvalue weighted by Gasteiger charge is -2.34. The lowest BCUT2D eigenvalue weighted by atomic mass is 10.0. The summed E-state index contributed by atoms with van der Waals surface area (Å²) in [4.78, 5) is 0. The number of nitrogens with zero attached hydrogens (tertiary/aromatic N) is 1. The van der Waals surface area contributed by atoms with Gasteiger partial charge in [-0.1, -0.05) is 17.3 Å². The van der Waals surface area contributed by atoms with Gasteiger partial charge < -0.3 is 24.6 Å². The predicted molar refractivity (Wildman–Crippen MR) is 86.3 cm³/mol. The standard InChI is InChI=1S/C16H19NO5S/c1-8-13(9(2)22-17-8)10-3-5-11(6-4-10)21-16-15(20)14(19)12(18)7-23-16/h3-6,12,14-16,18-20H,7H2,1-2H3/t12-,14+,15-,16+/m1/s1. The third kappa shape index (κ3) is 3.23. The van der Waals surface area contributed by atoms with Gasteiger partial charge in [0.1, 0.15) is 23.7 Å². The first-order valence-electron chi connectivity index (χ1n) is 7.33. The molecular weight excluding hydrogens is 318 g/mol. The van der Waals surface area contributed by atoms with E-state index in [0.717, 1.165) is 22.6 Å². The molecule has 2 aromatic rings. The van der Waals surface area contributed by atoms with Crippen molar-refractivity contribution in [2.24, 2.45) is 0 Å². The molecule has 1 fully saturated rings. The van der Waals surface area contributed by atoms with Crippen molar-refractivity contribution in [2.75, 3.05) is 5.75 Å². The van der Waals surface area contributed by atoms with Crippen LogP contribution in [-0.2, 0) is 0 Å². The number of aliphatic hydroxyl groups excluding tert-OH is 3. The second-order valence-electron chi connectivity index (χ2n) is 5.59. The Kier molecular flexibility index (Phi) is 4.63. The number of ether oxygens (including phenoxy) is 1. The fourth-order valence-electron chi connectivity index (χ4n) is 2.61. The third-order valence-electron chi connectivity index (χ3n) is 3.88. The minimum absolute atomic E-state index is 0.319. The molecule has 0 amide bonds. The highest BCUT2D eigenvalue weighted by Gasteiger charge is 2.38. The lowest BCUT2D eigenvalue weighted by molar-refractivity contribution is -0.0786. The monoisotopic (exact) mass is 337 g/mol. The first-order chi connectivity index (χ1) is 11.0. The van der Waals surface area contributed by atoms with E-state index in [0.29, 0.717) is 11.5 Å². The molecule has 0 bridgehead atoms. The molecule has 7 heteroatoms. The van der Waals surface area contributed by atoms with Crippen molar-refractivity contribution in [1.29, 1.82) is 0 Å². The van der Waals surface area contributed by atoms with E-state index < -0.39 is 23.7 Å². The minimum atomic E-state index is -1.19. The first-order valence-corrected chi connectivity index (χ1v) is 8.38. The van der Waals surface area contributed by atoms with Crippen molar-refractivity contribution in [3.63, 3.8) is 0 Å². The molecule has 0 saturated carbocycles. The van der Waals surface area contributed by atoms with Gasteiger partial charge in [-0.25, -0.2) is 0 Å². The van der Waals surface area contributed by atoms with E-state index in [-0.39, 0.29) is 0 Å². The number of benzene rings is 1. The topological polar surface area (TPSA) is 96.0 Å². The van der Waals surface area contributed by atoms with Gasteiger partial charge in [0.15, 0.2) is 5.44 Å². The highest BCUT2D eigenvalue weighted by molar-refractivity contribution is 7.99. The maximum absolute atomic E-state index is 9.97. The van der Waals surface area contributed by atoms with Gasteiger partial charge in [0.2, 0.25) is 0 Å².